The first-order chi connectivity index (χ1) is 10.5. The van der Waals surface area contributed by atoms with Crippen molar-refractivity contribution in [3.8, 4) is 0 Å². The van der Waals surface area contributed by atoms with Crippen molar-refractivity contribution in [2.75, 3.05) is 19.4 Å². The van der Waals surface area contributed by atoms with Crippen molar-refractivity contribution in [1.82, 2.24) is 0 Å². The summed E-state index contributed by atoms with van der Waals surface area (Å²) in [4.78, 5) is 0. The molecule has 2 rings (SSSR count). The molecule has 0 spiro atoms. The predicted molar refractivity (Wildman–Crippen MR) is 92.1 cm³/mol. The quantitative estimate of drug-likeness (QED) is 0.444. The summed E-state index contributed by atoms with van der Waals surface area (Å²) in [5, 5.41) is 0. The number of hydrogen-bond donors (Lipinski definition) is 0. The van der Waals surface area contributed by atoms with Gasteiger partial charge in [0.25, 0.3) is 0 Å². The molecular weight excluding hydrogens is 295 g/mol. The normalized spacial score (nSPS) is 38.8. The van der Waals surface area contributed by atoms with Crippen LogP contribution in [0.15, 0.2) is 12.2 Å². The van der Waals surface area contributed by atoms with Crippen LogP contribution in [0.2, 0.25) is 0 Å². The van der Waals surface area contributed by atoms with E-state index in [0.29, 0.717) is 31.2 Å². The van der Waals surface area contributed by atoms with E-state index in [-0.39, 0.29) is 0 Å². The zero-order chi connectivity index (χ0) is 16.3. The van der Waals surface area contributed by atoms with Crippen LogP contribution in [-0.4, -0.2) is 19.4 Å². The molecule has 0 aromatic rings. The van der Waals surface area contributed by atoms with Crippen molar-refractivity contribution in [3.05, 3.63) is 12.2 Å². The highest BCUT2D eigenvalue weighted by Crippen LogP contribution is 2.61. The van der Waals surface area contributed by atoms with Crippen molar-refractivity contribution < 1.29 is 13.6 Å². The van der Waals surface area contributed by atoms with Gasteiger partial charge in [0.05, 0.1) is 19.4 Å². The van der Waals surface area contributed by atoms with Crippen LogP contribution in [0, 0.1) is 35.5 Å². The van der Waals surface area contributed by atoms with Crippen molar-refractivity contribution in [3.63, 3.8) is 0 Å². The van der Waals surface area contributed by atoms with E-state index in [1.165, 1.54) is 12.8 Å². The third kappa shape index (κ3) is 3.68. The second kappa shape index (κ2) is 7.64. The smallest absolute Gasteiger partial charge is 0.309 e. The van der Waals surface area contributed by atoms with Crippen LogP contribution in [0.4, 0.5) is 0 Å². The average Bonchev–Trinajstić information content (AvgIpc) is 2.45. The second-order valence-corrected chi connectivity index (χ2v) is 9.23. The fraction of sp³-hybridized carbons (Fsp3) is 0.889. The summed E-state index contributed by atoms with van der Waals surface area (Å²) in [5.41, 5.74) is 0. The van der Waals surface area contributed by atoms with Gasteiger partial charge in [-0.15, -0.1) is 0 Å². The lowest BCUT2D eigenvalue weighted by Gasteiger charge is -2.56. The van der Waals surface area contributed by atoms with Crippen LogP contribution in [0.3, 0.4) is 0 Å². The monoisotopic (exact) mass is 328 g/mol. The van der Waals surface area contributed by atoms with Crippen molar-refractivity contribution in [2.24, 2.45) is 35.5 Å². The molecule has 22 heavy (non-hydrogen) atoms. The Kier molecular flexibility index (Phi) is 6.33. The molecule has 0 N–H and O–H groups in total. The van der Waals surface area contributed by atoms with E-state index in [2.05, 4.69) is 32.9 Å². The number of hydrogen-bond acceptors (Lipinski definition) is 3. The van der Waals surface area contributed by atoms with E-state index < -0.39 is 7.60 Å². The van der Waals surface area contributed by atoms with E-state index in [4.69, 9.17) is 9.05 Å². The molecule has 2 fully saturated rings. The first-order valence-electron chi connectivity index (χ1n) is 8.96. The lowest BCUT2D eigenvalue weighted by atomic mass is 9.50. The fourth-order valence-electron chi connectivity index (χ4n) is 4.73. The standard InChI is InChI=1S/C18H33O3P/c1-6-9-15-11-17(14(15)5)18-13(4)10-16(18)12-22(19,20-7-2)21-8-3/h6,9,13-18H,7-8,10-12H2,1-5H3/b9-6-. The zero-order valence-corrected chi connectivity index (χ0v) is 15.7. The summed E-state index contributed by atoms with van der Waals surface area (Å²) >= 11 is 0. The minimum absolute atomic E-state index is 0.466. The van der Waals surface area contributed by atoms with E-state index in [1.54, 1.807) is 0 Å². The van der Waals surface area contributed by atoms with Gasteiger partial charge < -0.3 is 9.05 Å². The molecule has 6 unspecified atom stereocenters. The number of rotatable bonds is 8. The minimum Gasteiger partial charge on any atom is -0.309 e. The van der Waals surface area contributed by atoms with E-state index >= 15 is 0 Å². The minimum atomic E-state index is -2.89. The maximum absolute atomic E-state index is 12.8. The second-order valence-electron chi connectivity index (χ2n) is 7.13. The fourth-order valence-corrected chi connectivity index (χ4v) is 6.76. The summed E-state index contributed by atoms with van der Waals surface area (Å²) in [7, 11) is -2.89. The van der Waals surface area contributed by atoms with Gasteiger partial charge in [0, 0.05) is 0 Å². The highest BCUT2D eigenvalue weighted by Gasteiger charge is 2.52. The highest BCUT2D eigenvalue weighted by molar-refractivity contribution is 7.53. The zero-order valence-electron chi connectivity index (χ0n) is 14.8. The molecule has 0 heterocycles. The summed E-state index contributed by atoms with van der Waals surface area (Å²) < 4.78 is 23.8. The molecule has 3 nitrogen and oxygen atoms in total. The van der Waals surface area contributed by atoms with Gasteiger partial charge in [0.15, 0.2) is 0 Å². The van der Waals surface area contributed by atoms with Crippen LogP contribution >= 0.6 is 7.60 Å². The Morgan fingerprint density at radius 2 is 1.77 bits per heavy atom. The Bertz CT molecular complexity index is 424. The number of allylic oxidation sites excluding steroid dienone is 2. The van der Waals surface area contributed by atoms with Crippen LogP contribution in [0.25, 0.3) is 0 Å². The molecular formula is C18H33O3P. The Morgan fingerprint density at radius 1 is 1.14 bits per heavy atom. The molecule has 0 aliphatic heterocycles. The van der Waals surface area contributed by atoms with E-state index in [1.807, 2.05) is 13.8 Å². The van der Waals surface area contributed by atoms with E-state index in [0.717, 1.165) is 23.7 Å². The van der Waals surface area contributed by atoms with Gasteiger partial charge >= 0.3 is 7.60 Å². The van der Waals surface area contributed by atoms with Gasteiger partial charge in [-0.1, -0.05) is 26.0 Å². The summed E-state index contributed by atoms with van der Waals surface area (Å²) in [6.07, 6.45) is 7.61. The third-order valence-electron chi connectivity index (χ3n) is 5.81. The van der Waals surface area contributed by atoms with Crippen LogP contribution < -0.4 is 0 Å². The highest BCUT2D eigenvalue weighted by atomic mass is 31.2. The molecule has 0 saturated heterocycles. The van der Waals surface area contributed by atoms with Crippen LogP contribution in [0.5, 0.6) is 0 Å². The maximum atomic E-state index is 12.8. The van der Waals surface area contributed by atoms with Gasteiger partial charge in [0.1, 0.15) is 0 Å². The van der Waals surface area contributed by atoms with Gasteiger partial charge in [-0.2, -0.15) is 0 Å². The SMILES string of the molecule is C/C=C\C1CC(C2C(C)CC2CP(=O)(OCC)OCC)C1C. The molecule has 6 atom stereocenters. The molecule has 2 aliphatic rings. The Balaban J connectivity index is 1.97. The Hall–Kier alpha value is -0.110. The molecule has 0 aromatic carbocycles. The lowest BCUT2D eigenvalue weighted by Crippen LogP contribution is -2.50. The molecule has 2 saturated carbocycles. The van der Waals surface area contributed by atoms with Gasteiger partial charge in [0.2, 0.25) is 0 Å². The molecule has 0 aromatic heterocycles. The average molecular weight is 328 g/mol. The van der Waals surface area contributed by atoms with Crippen molar-refractivity contribution >= 4 is 7.60 Å². The van der Waals surface area contributed by atoms with Crippen molar-refractivity contribution in [1.29, 1.82) is 0 Å². The molecule has 128 valence electrons. The molecule has 4 heteroatoms. The largest absolute Gasteiger partial charge is 0.330 e. The van der Waals surface area contributed by atoms with Gasteiger partial charge in [-0.05, 0) is 69.1 Å². The first kappa shape index (κ1) is 18.2. The lowest BCUT2D eigenvalue weighted by molar-refractivity contribution is -0.0506. The third-order valence-corrected chi connectivity index (χ3v) is 8.03. The maximum Gasteiger partial charge on any atom is 0.330 e. The van der Waals surface area contributed by atoms with E-state index in [9.17, 15) is 4.57 Å². The molecule has 0 bridgehead atoms. The topological polar surface area (TPSA) is 35.5 Å². The Labute approximate surface area is 136 Å². The summed E-state index contributed by atoms with van der Waals surface area (Å²) in [6, 6.07) is 0. The van der Waals surface area contributed by atoms with Gasteiger partial charge in [-0.25, -0.2) is 0 Å². The molecule has 0 amide bonds. The van der Waals surface area contributed by atoms with Crippen molar-refractivity contribution in [2.45, 2.75) is 47.5 Å². The van der Waals surface area contributed by atoms with Crippen LogP contribution in [0.1, 0.15) is 47.5 Å². The van der Waals surface area contributed by atoms with Gasteiger partial charge in [-0.3, -0.25) is 4.57 Å². The van der Waals surface area contributed by atoms with Crippen LogP contribution in [-0.2, 0) is 13.6 Å². The molecule has 2 aliphatic carbocycles. The molecule has 0 radical (unpaired) electrons. The first-order valence-corrected chi connectivity index (χ1v) is 10.7. The Morgan fingerprint density at radius 3 is 2.23 bits per heavy atom. The summed E-state index contributed by atoms with van der Waals surface area (Å²) in [5.74, 6) is 4.25. The predicted octanol–water partition coefficient (Wildman–Crippen LogP) is 5.37. The summed E-state index contributed by atoms with van der Waals surface area (Å²) in [6.45, 7) is 11.6.